The molecule has 0 saturated heterocycles. The highest BCUT2D eigenvalue weighted by Crippen LogP contribution is 2.34. The van der Waals surface area contributed by atoms with E-state index in [1.165, 1.54) is 12.1 Å². The molecule has 0 atom stereocenters. The Hall–Kier alpha value is -2.83. The van der Waals surface area contributed by atoms with Crippen molar-refractivity contribution in [1.82, 2.24) is 4.98 Å². The van der Waals surface area contributed by atoms with Gasteiger partial charge < -0.3 is 15.2 Å². The van der Waals surface area contributed by atoms with Crippen LogP contribution in [-0.2, 0) is 0 Å². The summed E-state index contributed by atoms with van der Waals surface area (Å²) in [6.45, 7) is 0.981. The fourth-order valence-corrected chi connectivity index (χ4v) is 1.99. The second-order valence-electron chi connectivity index (χ2n) is 4.25. The quantitative estimate of drug-likeness (QED) is 0.663. The first-order valence-electron chi connectivity index (χ1n) is 5.95. The van der Waals surface area contributed by atoms with Gasteiger partial charge in [0, 0.05) is 11.6 Å². The third-order valence-corrected chi connectivity index (χ3v) is 2.88. The molecule has 0 unspecified atom stereocenters. The number of nitrogens with zero attached hydrogens (tertiary/aromatic N) is 2. The molecular formula is C13H11N3O4. The number of benzene rings is 1. The van der Waals surface area contributed by atoms with Gasteiger partial charge in [0.2, 0.25) is 0 Å². The number of nitrogen functional groups attached to an aromatic ring is 1. The molecular weight excluding hydrogens is 262 g/mol. The number of anilines is 1. The Balaban J connectivity index is 2.06. The van der Waals surface area contributed by atoms with E-state index in [4.69, 9.17) is 15.2 Å². The molecule has 1 aliphatic rings. The number of aromatic nitrogens is 1. The first-order chi connectivity index (χ1) is 9.63. The number of hydrogen-bond acceptors (Lipinski definition) is 6. The first-order valence-corrected chi connectivity index (χ1v) is 5.95. The van der Waals surface area contributed by atoms with Gasteiger partial charge in [-0.25, -0.2) is 4.98 Å². The minimum Gasteiger partial charge on any atom is -0.486 e. The van der Waals surface area contributed by atoms with Gasteiger partial charge in [0.05, 0.1) is 16.7 Å². The summed E-state index contributed by atoms with van der Waals surface area (Å²) in [4.78, 5) is 14.5. The Labute approximate surface area is 114 Å². The molecule has 1 aliphatic heterocycles. The summed E-state index contributed by atoms with van der Waals surface area (Å²) in [5, 5.41) is 10.8. The minimum absolute atomic E-state index is 0.0950. The number of nitro groups is 1. The van der Waals surface area contributed by atoms with Crippen molar-refractivity contribution in [3.8, 4) is 22.8 Å². The molecule has 2 N–H and O–H groups in total. The molecule has 7 nitrogen and oxygen atoms in total. The molecule has 0 fully saturated rings. The van der Waals surface area contributed by atoms with Gasteiger partial charge in [-0.05, 0) is 18.2 Å². The van der Waals surface area contributed by atoms with E-state index in [9.17, 15) is 10.1 Å². The minimum atomic E-state index is -0.500. The Morgan fingerprint density at radius 1 is 1.15 bits per heavy atom. The largest absolute Gasteiger partial charge is 0.486 e. The second-order valence-corrected chi connectivity index (χ2v) is 4.25. The number of rotatable bonds is 2. The van der Waals surface area contributed by atoms with Gasteiger partial charge >= 0.3 is 0 Å². The third kappa shape index (κ3) is 2.20. The molecule has 0 aliphatic carbocycles. The SMILES string of the molecule is Nc1cc([N+](=O)[O-])cc(-c2ccc3c(c2)OCCO3)n1. The lowest BCUT2D eigenvalue weighted by atomic mass is 10.1. The van der Waals surface area contributed by atoms with Gasteiger partial charge in [-0.15, -0.1) is 0 Å². The van der Waals surface area contributed by atoms with Crippen molar-refractivity contribution in [2.24, 2.45) is 0 Å². The third-order valence-electron chi connectivity index (χ3n) is 2.88. The van der Waals surface area contributed by atoms with E-state index in [1.807, 2.05) is 0 Å². The van der Waals surface area contributed by atoms with Gasteiger partial charge in [-0.2, -0.15) is 0 Å². The normalized spacial score (nSPS) is 13.0. The zero-order chi connectivity index (χ0) is 14.1. The Morgan fingerprint density at radius 3 is 2.65 bits per heavy atom. The highest BCUT2D eigenvalue weighted by atomic mass is 16.6. The molecule has 2 aromatic rings. The summed E-state index contributed by atoms with van der Waals surface area (Å²) >= 11 is 0. The second kappa shape index (κ2) is 4.69. The van der Waals surface area contributed by atoms with Gasteiger partial charge in [-0.3, -0.25) is 10.1 Å². The van der Waals surface area contributed by atoms with Crippen molar-refractivity contribution in [2.75, 3.05) is 18.9 Å². The lowest BCUT2D eigenvalue weighted by Gasteiger charge is -2.18. The maximum Gasteiger partial charge on any atom is 0.275 e. The molecule has 20 heavy (non-hydrogen) atoms. The smallest absolute Gasteiger partial charge is 0.275 e. The molecule has 0 spiro atoms. The van der Waals surface area contributed by atoms with Gasteiger partial charge in [0.1, 0.15) is 19.0 Å². The summed E-state index contributed by atoms with van der Waals surface area (Å²) < 4.78 is 10.9. The van der Waals surface area contributed by atoms with E-state index < -0.39 is 4.92 Å². The van der Waals surface area contributed by atoms with Gasteiger partial charge in [-0.1, -0.05) is 0 Å². The molecule has 0 amide bonds. The summed E-state index contributed by atoms with van der Waals surface area (Å²) in [6.07, 6.45) is 0. The number of ether oxygens (including phenoxy) is 2. The fourth-order valence-electron chi connectivity index (χ4n) is 1.99. The Bertz CT molecular complexity index is 687. The van der Waals surface area contributed by atoms with Crippen molar-refractivity contribution in [2.45, 2.75) is 0 Å². The standard InChI is InChI=1S/C13H11N3O4/c14-13-7-9(16(17)18)6-10(15-13)8-1-2-11-12(5-8)20-4-3-19-11/h1-2,5-7H,3-4H2,(H2,14,15). The van der Waals surface area contributed by atoms with Crippen LogP contribution >= 0.6 is 0 Å². The average Bonchev–Trinajstić information content (AvgIpc) is 2.46. The Morgan fingerprint density at radius 2 is 1.90 bits per heavy atom. The molecule has 0 bridgehead atoms. The van der Waals surface area contributed by atoms with Crippen LogP contribution in [0.15, 0.2) is 30.3 Å². The van der Waals surface area contributed by atoms with Crippen molar-refractivity contribution >= 4 is 11.5 Å². The van der Waals surface area contributed by atoms with Crippen LogP contribution in [0.25, 0.3) is 11.3 Å². The number of hydrogen-bond donors (Lipinski definition) is 1. The van der Waals surface area contributed by atoms with Crippen LogP contribution < -0.4 is 15.2 Å². The fraction of sp³-hybridized carbons (Fsp3) is 0.154. The molecule has 7 heteroatoms. The van der Waals surface area contributed by atoms with Crippen molar-refractivity contribution in [1.29, 1.82) is 0 Å². The molecule has 3 rings (SSSR count). The van der Waals surface area contributed by atoms with Crippen molar-refractivity contribution in [3.63, 3.8) is 0 Å². The zero-order valence-electron chi connectivity index (χ0n) is 10.4. The van der Waals surface area contributed by atoms with Crippen LogP contribution in [0.4, 0.5) is 11.5 Å². The highest BCUT2D eigenvalue weighted by molar-refractivity contribution is 5.68. The van der Waals surface area contributed by atoms with E-state index in [0.29, 0.717) is 36.0 Å². The van der Waals surface area contributed by atoms with Crippen LogP contribution in [0.2, 0.25) is 0 Å². The lowest BCUT2D eigenvalue weighted by Crippen LogP contribution is -2.15. The summed E-state index contributed by atoms with van der Waals surface area (Å²) in [5.74, 6) is 1.35. The van der Waals surface area contributed by atoms with Crippen LogP contribution in [0.1, 0.15) is 0 Å². The van der Waals surface area contributed by atoms with Gasteiger partial charge in [0.15, 0.2) is 11.5 Å². The predicted octanol–water partition coefficient (Wildman–Crippen LogP) is 2.01. The van der Waals surface area contributed by atoms with E-state index in [1.54, 1.807) is 18.2 Å². The average molecular weight is 273 g/mol. The van der Waals surface area contributed by atoms with Crippen molar-refractivity contribution in [3.05, 3.63) is 40.4 Å². The van der Waals surface area contributed by atoms with Crippen LogP contribution in [-0.4, -0.2) is 23.1 Å². The summed E-state index contributed by atoms with van der Waals surface area (Å²) in [7, 11) is 0. The lowest BCUT2D eigenvalue weighted by molar-refractivity contribution is -0.384. The molecule has 0 saturated carbocycles. The Kier molecular flexibility index (Phi) is 2.86. The molecule has 1 aromatic heterocycles. The topological polar surface area (TPSA) is 101 Å². The van der Waals surface area contributed by atoms with E-state index in [2.05, 4.69) is 4.98 Å². The van der Waals surface area contributed by atoms with Crippen LogP contribution in [0.3, 0.4) is 0 Å². The molecule has 1 aromatic carbocycles. The van der Waals surface area contributed by atoms with E-state index in [-0.39, 0.29) is 11.5 Å². The molecule has 0 radical (unpaired) electrons. The zero-order valence-corrected chi connectivity index (χ0v) is 10.4. The molecule has 2 heterocycles. The maximum absolute atomic E-state index is 10.8. The maximum atomic E-state index is 10.8. The van der Waals surface area contributed by atoms with E-state index >= 15 is 0 Å². The molecule has 102 valence electrons. The summed E-state index contributed by atoms with van der Waals surface area (Å²) in [6, 6.07) is 7.85. The number of fused-ring (bicyclic) bond motifs is 1. The van der Waals surface area contributed by atoms with Crippen molar-refractivity contribution < 1.29 is 14.4 Å². The van der Waals surface area contributed by atoms with Crippen LogP contribution in [0, 0.1) is 10.1 Å². The predicted molar refractivity (Wildman–Crippen MR) is 71.7 cm³/mol. The van der Waals surface area contributed by atoms with Gasteiger partial charge in [0.25, 0.3) is 5.69 Å². The number of pyridine rings is 1. The number of nitrogens with two attached hydrogens (primary N) is 1. The monoisotopic (exact) mass is 273 g/mol. The first kappa shape index (κ1) is 12.2. The van der Waals surface area contributed by atoms with E-state index in [0.717, 1.165) is 0 Å². The van der Waals surface area contributed by atoms with Crippen LogP contribution in [0.5, 0.6) is 11.5 Å². The summed E-state index contributed by atoms with van der Waals surface area (Å²) in [5.41, 5.74) is 6.62. The highest BCUT2D eigenvalue weighted by Gasteiger charge is 2.15.